The van der Waals surface area contributed by atoms with Gasteiger partial charge in [0.25, 0.3) is 0 Å². The normalized spacial score (nSPS) is 19.3. The minimum atomic E-state index is -0.600. The highest BCUT2D eigenvalue weighted by molar-refractivity contribution is 5.97. The van der Waals surface area contributed by atoms with Crippen LogP contribution >= 0.6 is 0 Å². The molecule has 2 amide bonds. The van der Waals surface area contributed by atoms with E-state index in [9.17, 15) is 9.59 Å². The van der Waals surface area contributed by atoms with Crippen LogP contribution in [0.25, 0.3) is 0 Å². The topological polar surface area (TPSA) is 55.8 Å². The third-order valence-corrected chi connectivity index (χ3v) is 5.36. The van der Waals surface area contributed by atoms with E-state index in [1.807, 2.05) is 91.9 Å². The number of para-hydroxylation sites is 1. The van der Waals surface area contributed by atoms with Crippen molar-refractivity contribution < 1.29 is 19.1 Å². The molecule has 1 aliphatic heterocycles. The summed E-state index contributed by atoms with van der Waals surface area (Å²) in [4.78, 5) is 26.8. The molecule has 5 heteroatoms. The van der Waals surface area contributed by atoms with E-state index in [1.54, 1.807) is 6.92 Å². The molecule has 1 saturated heterocycles. The summed E-state index contributed by atoms with van der Waals surface area (Å²) in [5, 5.41) is 0. The lowest BCUT2D eigenvalue weighted by atomic mass is 9.97. The van der Waals surface area contributed by atoms with Crippen molar-refractivity contribution in [2.75, 3.05) is 0 Å². The van der Waals surface area contributed by atoms with Crippen molar-refractivity contribution in [1.82, 2.24) is 4.90 Å². The second-order valence-corrected chi connectivity index (χ2v) is 7.37. The first kappa shape index (κ1) is 19.7. The Morgan fingerprint density at radius 3 is 2.10 bits per heavy atom. The van der Waals surface area contributed by atoms with E-state index < -0.39 is 18.1 Å². The third kappa shape index (κ3) is 3.92. The lowest BCUT2D eigenvalue weighted by Gasteiger charge is -2.22. The zero-order valence-corrected chi connectivity index (χ0v) is 16.9. The number of carbonyl (C=O) groups excluding carboxylic acids is 2. The molecule has 4 rings (SSSR count). The summed E-state index contributed by atoms with van der Waals surface area (Å²) in [6.07, 6.45) is -1.06. The van der Waals surface area contributed by atoms with E-state index in [2.05, 4.69) is 0 Å². The van der Waals surface area contributed by atoms with Crippen molar-refractivity contribution in [3.05, 3.63) is 96.1 Å². The molecule has 1 heterocycles. The predicted octanol–water partition coefficient (Wildman–Crippen LogP) is 5.69. The van der Waals surface area contributed by atoms with Crippen LogP contribution in [0.5, 0.6) is 11.5 Å². The van der Waals surface area contributed by atoms with Crippen LogP contribution in [-0.4, -0.2) is 22.9 Å². The van der Waals surface area contributed by atoms with E-state index in [0.29, 0.717) is 5.75 Å². The van der Waals surface area contributed by atoms with Gasteiger partial charge in [0.15, 0.2) is 0 Å². The Morgan fingerprint density at radius 2 is 1.47 bits per heavy atom. The molecule has 0 bridgehead atoms. The van der Waals surface area contributed by atoms with Crippen molar-refractivity contribution in [3.8, 4) is 11.5 Å². The molecule has 152 valence electrons. The molecule has 0 spiro atoms. The van der Waals surface area contributed by atoms with Crippen LogP contribution in [0, 0.1) is 0 Å². The Morgan fingerprint density at radius 1 is 0.900 bits per heavy atom. The van der Waals surface area contributed by atoms with Gasteiger partial charge in [-0.1, -0.05) is 60.7 Å². The largest absolute Gasteiger partial charge is 0.457 e. The molecule has 0 saturated carbocycles. The van der Waals surface area contributed by atoms with Gasteiger partial charge in [-0.2, -0.15) is 0 Å². The van der Waals surface area contributed by atoms with E-state index in [-0.39, 0.29) is 11.9 Å². The van der Waals surface area contributed by atoms with E-state index in [1.165, 1.54) is 4.90 Å². The quantitative estimate of drug-likeness (QED) is 0.551. The Kier molecular flexibility index (Phi) is 5.53. The highest BCUT2D eigenvalue weighted by Gasteiger charge is 2.44. The molecule has 0 aliphatic carbocycles. The summed E-state index contributed by atoms with van der Waals surface area (Å²) in [7, 11) is 0. The second kappa shape index (κ2) is 8.41. The lowest BCUT2D eigenvalue weighted by Crippen LogP contribution is -2.40. The zero-order valence-electron chi connectivity index (χ0n) is 16.9. The molecule has 1 aliphatic rings. The van der Waals surface area contributed by atoms with Gasteiger partial charge in [0.1, 0.15) is 17.6 Å². The summed E-state index contributed by atoms with van der Waals surface area (Å²) in [5.41, 5.74) is 1.69. The number of cyclic esters (lactones) is 1. The van der Waals surface area contributed by atoms with Gasteiger partial charge in [-0.25, -0.2) is 9.69 Å². The minimum absolute atomic E-state index is 0.275. The van der Waals surface area contributed by atoms with E-state index in [4.69, 9.17) is 9.47 Å². The summed E-state index contributed by atoms with van der Waals surface area (Å²) in [5.74, 6) is 0.667. The molecule has 3 aromatic rings. The van der Waals surface area contributed by atoms with Crippen molar-refractivity contribution in [3.63, 3.8) is 0 Å². The molecule has 5 nitrogen and oxygen atoms in total. The number of nitrogens with zero attached hydrogens (tertiary/aromatic N) is 1. The molecule has 30 heavy (non-hydrogen) atoms. The molecule has 3 aromatic carbocycles. The van der Waals surface area contributed by atoms with Gasteiger partial charge >= 0.3 is 6.09 Å². The third-order valence-electron chi connectivity index (χ3n) is 5.36. The number of hydrogen-bond donors (Lipinski definition) is 0. The molecule has 3 atom stereocenters. The van der Waals surface area contributed by atoms with Gasteiger partial charge in [-0.05, 0) is 49.2 Å². The molecule has 0 N–H and O–H groups in total. The standard InChI is InChI=1S/C25H23NO4/c1-17(19-13-15-22(16-14-19)29-21-11-7-4-8-12-21)24(27)26-18(2)23(30-25(26)28)20-9-5-3-6-10-20/h3-18,23H,1-2H3/t17?,18-,23-/m0/s1. The minimum Gasteiger partial charge on any atom is -0.457 e. The Balaban J connectivity index is 1.47. The van der Waals surface area contributed by atoms with Gasteiger partial charge in [0.05, 0.1) is 12.0 Å². The van der Waals surface area contributed by atoms with Gasteiger partial charge in [-0.3, -0.25) is 4.79 Å². The molecule has 1 fully saturated rings. The Hall–Kier alpha value is -3.60. The summed E-state index contributed by atoms with van der Waals surface area (Å²) in [6.45, 7) is 3.63. The molecular weight excluding hydrogens is 378 g/mol. The van der Waals surface area contributed by atoms with Crippen LogP contribution in [0.1, 0.15) is 37.0 Å². The maximum Gasteiger partial charge on any atom is 0.417 e. The number of amides is 2. The maximum absolute atomic E-state index is 13.1. The van der Waals surface area contributed by atoms with Crippen LogP contribution in [0.4, 0.5) is 4.79 Å². The van der Waals surface area contributed by atoms with Crippen molar-refractivity contribution in [1.29, 1.82) is 0 Å². The first-order chi connectivity index (χ1) is 14.5. The number of benzene rings is 3. The Bertz CT molecular complexity index is 1020. The summed E-state index contributed by atoms with van der Waals surface area (Å²) >= 11 is 0. The SMILES string of the molecule is CC(C(=O)N1C(=O)O[C@H](c2ccccc2)[C@@H]1C)c1ccc(Oc2ccccc2)cc1. The smallest absolute Gasteiger partial charge is 0.417 e. The average Bonchev–Trinajstić information content (AvgIpc) is 3.08. The van der Waals surface area contributed by atoms with Gasteiger partial charge in [0.2, 0.25) is 5.91 Å². The molecule has 0 radical (unpaired) electrons. The number of ether oxygens (including phenoxy) is 2. The molecule has 0 aromatic heterocycles. The number of imide groups is 1. The number of rotatable bonds is 5. The monoisotopic (exact) mass is 401 g/mol. The summed E-state index contributed by atoms with van der Waals surface area (Å²) in [6, 6.07) is 25.9. The van der Waals surface area contributed by atoms with Crippen LogP contribution < -0.4 is 4.74 Å². The Labute approximate surface area is 175 Å². The molecule has 1 unspecified atom stereocenters. The number of carbonyl (C=O) groups is 2. The summed E-state index contributed by atoms with van der Waals surface area (Å²) < 4.78 is 11.3. The van der Waals surface area contributed by atoms with Crippen LogP contribution in [0.3, 0.4) is 0 Å². The lowest BCUT2D eigenvalue weighted by molar-refractivity contribution is -0.130. The highest BCUT2D eigenvalue weighted by atomic mass is 16.6. The maximum atomic E-state index is 13.1. The first-order valence-corrected chi connectivity index (χ1v) is 9.96. The fraction of sp³-hybridized carbons (Fsp3) is 0.200. The van der Waals surface area contributed by atoms with Crippen molar-refractivity contribution >= 4 is 12.0 Å². The fourth-order valence-corrected chi connectivity index (χ4v) is 3.65. The fourth-order valence-electron chi connectivity index (χ4n) is 3.65. The van der Waals surface area contributed by atoms with Crippen LogP contribution in [0.2, 0.25) is 0 Å². The van der Waals surface area contributed by atoms with E-state index in [0.717, 1.165) is 16.9 Å². The average molecular weight is 401 g/mol. The van der Waals surface area contributed by atoms with Gasteiger partial charge in [-0.15, -0.1) is 0 Å². The second-order valence-electron chi connectivity index (χ2n) is 7.37. The first-order valence-electron chi connectivity index (χ1n) is 9.96. The number of hydrogen-bond acceptors (Lipinski definition) is 4. The predicted molar refractivity (Wildman–Crippen MR) is 113 cm³/mol. The van der Waals surface area contributed by atoms with Gasteiger partial charge in [0, 0.05) is 0 Å². The van der Waals surface area contributed by atoms with Crippen molar-refractivity contribution in [2.45, 2.75) is 31.9 Å². The van der Waals surface area contributed by atoms with Gasteiger partial charge < -0.3 is 9.47 Å². The highest BCUT2D eigenvalue weighted by Crippen LogP contribution is 2.34. The van der Waals surface area contributed by atoms with Crippen LogP contribution in [0.15, 0.2) is 84.9 Å². The van der Waals surface area contributed by atoms with E-state index >= 15 is 0 Å². The van der Waals surface area contributed by atoms with Crippen LogP contribution in [-0.2, 0) is 9.53 Å². The van der Waals surface area contributed by atoms with Crippen molar-refractivity contribution in [2.24, 2.45) is 0 Å². The zero-order chi connectivity index (χ0) is 21.1. The molecular formula is C25H23NO4.